The van der Waals surface area contributed by atoms with Crippen molar-refractivity contribution in [3.8, 4) is 0 Å². The van der Waals surface area contributed by atoms with Crippen molar-refractivity contribution in [1.29, 1.82) is 0 Å². The Bertz CT molecular complexity index is 547. The van der Waals surface area contributed by atoms with Gasteiger partial charge in [0.2, 0.25) is 10.0 Å². The number of hydrogen-bond acceptors (Lipinski definition) is 5. The Morgan fingerprint density at radius 2 is 2.15 bits per heavy atom. The lowest BCUT2D eigenvalue weighted by molar-refractivity contribution is 0.264. The minimum Gasteiger partial charge on any atom is -0.372 e. The summed E-state index contributed by atoms with van der Waals surface area (Å²) < 4.78 is 25.5. The Balaban J connectivity index is 2.07. The fourth-order valence-electron chi connectivity index (χ4n) is 2.63. The number of sulfonamides is 1. The monoisotopic (exact) mass is 298 g/mol. The van der Waals surface area contributed by atoms with Crippen molar-refractivity contribution in [1.82, 2.24) is 14.3 Å². The molecule has 2 heterocycles. The van der Waals surface area contributed by atoms with E-state index in [0.717, 1.165) is 30.8 Å². The highest BCUT2D eigenvalue weighted by atomic mass is 32.2. The quantitative estimate of drug-likeness (QED) is 0.881. The van der Waals surface area contributed by atoms with Gasteiger partial charge in [-0.2, -0.15) is 0 Å². The maximum Gasteiger partial charge on any atom is 0.213 e. The number of rotatable bonds is 5. The molecule has 0 bridgehead atoms. The molecule has 112 valence electrons. The van der Waals surface area contributed by atoms with Crippen LogP contribution in [0.4, 0.5) is 5.82 Å². The van der Waals surface area contributed by atoms with Gasteiger partial charge in [-0.05, 0) is 32.1 Å². The molecule has 0 radical (unpaired) electrons. The molecule has 0 amide bonds. The van der Waals surface area contributed by atoms with Gasteiger partial charge < -0.3 is 5.32 Å². The summed E-state index contributed by atoms with van der Waals surface area (Å²) in [5, 5.41) is 3.03. The third kappa shape index (κ3) is 3.46. The van der Waals surface area contributed by atoms with Gasteiger partial charge in [0.25, 0.3) is 0 Å². The summed E-state index contributed by atoms with van der Waals surface area (Å²) in [6, 6.07) is 0. The molecule has 1 atom stereocenters. The molecule has 1 aliphatic heterocycles. The molecule has 2 rings (SSSR count). The molecule has 20 heavy (non-hydrogen) atoms. The normalized spacial score (nSPS) is 20.8. The van der Waals surface area contributed by atoms with Crippen LogP contribution >= 0.6 is 0 Å². The molecule has 0 saturated carbocycles. The van der Waals surface area contributed by atoms with E-state index >= 15 is 0 Å². The fourth-order valence-corrected chi connectivity index (χ4v) is 3.84. The molecule has 1 N–H and O–H groups in total. The molecule has 1 saturated heterocycles. The van der Waals surface area contributed by atoms with E-state index in [-0.39, 0.29) is 5.75 Å². The lowest BCUT2D eigenvalue weighted by Gasteiger charge is -2.31. The average molecular weight is 298 g/mol. The van der Waals surface area contributed by atoms with Gasteiger partial charge >= 0.3 is 0 Å². The van der Waals surface area contributed by atoms with Crippen molar-refractivity contribution in [2.24, 2.45) is 5.92 Å². The zero-order chi connectivity index (χ0) is 14.6. The van der Waals surface area contributed by atoms with E-state index in [1.165, 1.54) is 0 Å². The molecular weight excluding hydrogens is 276 g/mol. The number of piperidine rings is 1. The first-order chi connectivity index (χ1) is 9.56. The smallest absolute Gasteiger partial charge is 0.213 e. The molecule has 0 spiro atoms. The molecule has 1 aliphatic rings. The summed E-state index contributed by atoms with van der Waals surface area (Å²) in [5.74, 6) is 1.27. The average Bonchev–Trinajstić information content (AvgIpc) is 2.48. The van der Waals surface area contributed by atoms with Crippen LogP contribution in [0.2, 0.25) is 0 Å². The zero-order valence-electron chi connectivity index (χ0n) is 12.0. The molecule has 6 nitrogen and oxygen atoms in total. The number of aromatic nitrogens is 2. The molecule has 1 aromatic heterocycles. The number of nitrogens with zero attached hydrogens (tertiary/aromatic N) is 3. The van der Waals surface area contributed by atoms with Gasteiger partial charge in [-0.3, -0.25) is 4.98 Å². The first kappa shape index (κ1) is 15.2. The first-order valence-electron chi connectivity index (χ1n) is 7.02. The highest BCUT2D eigenvalue weighted by molar-refractivity contribution is 7.89. The lowest BCUT2D eigenvalue weighted by atomic mass is 9.94. The highest BCUT2D eigenvalue weighted by Gasteiger charge is 2.28. The second-order valence-corrected chi connectivity index (χ2v) is 7.33. The van der Waals surface area contributed by atoms with Crippen LogP contribution in [-0.4, -0.2) is 48.6 Å². The first-order valence-corrected chi connectivity index (χ1v) is 8.63. The van der Waals surface area contributed by atoms with Gasteiger partial charge in [0.15, 0.2) is 0 Å². The van der Waals surface area contributed by atoms with Crippen LogP contribution in [0.5, 0.6) is 0 Å². The summed E-state index contributed by atoms with van der Waals surface area (Å²) in [4.78, 5) is 8.60. The van der Waals surface area contributed by atoms with Gasteiger partial charge in [-0.1, -0.05) is 0 Å². The van der Waals surface area contributed by atoms with Crippen molar-refractivity contribution in [3.63, 3.8) is 0 Å². The number of hydrogen-bond donors (Lipinski definition) is 1. The van der Waals surface area contributed by atoms with Crippen LogP contribution in [0.15, 0.2) is 12.4 Å². The van der Waals surface area contributed by atoms with Crippen LogP contribution in [0.3, 0.4) is 0 Å². The molecule has 1 aromatic rings. The third-order valence-electron chi connectivity index (χ3n) is 3.73. The van der Waals surface area contributed by atoms with Gasteiger partial charge in [-0.15, -0.1) is 0 Å². The van der Waals surface area contributed by atoms with Crippen molar-refractivity contribution in [2.75, 3.05) is 31.2 Å². The minimum atomic E-state index is -3.08. The van der Waals surface area contributed by atoms with Gasteiger partial charge in [0.1, 0.15) is 5.82 Å². The van der Waals surface area contributed by atoms with Crippen molar-refractivity contribution >= 4 is 15.8 Å². The van der Waals surface area contributed by atoms with Crippen LogP contribution in [0.1, 0.15) is 25.5 Å². The topological polar surface area (TPSA) is 75.2 Å². The third-order valence-corrected chi connectivity index (χ3v) is 5.58. The number of nitrogens with one attached hydrogen (secondary N) is 1. The van der Waals surface area contributed by atoms with Crippen LogP contribution < -0.4 is 5.32 Å². The van der Waals surface area contributed by atoms with E-state index in [1.54, 1.807) is 23.6 Å². The zero-order valence-corrected chi connectivity index (χ0v) is 12.9. The maximum absolute atomic E-state index is 12.0. The molecular formula is C13H22N4O2S. The number of anilines is 1. The van der Waals surface area contributed by atoms with Gasteiger partial charge in [-0.25, -0.2) is 17.7 Å². The van der Waals surface area contributed by atoms with E-state index in [0.29, 0.717) is 19.0 Å². The SMILES string of the molecule is CCS(=O)(=O)N1CCCC(Cc2nccnc2NC)C1. The fraction of sp³-hybridized carbons (Fsp3) is 0.692. The second kappa shape index (κ2) is 6.49. The molecule has 1 unspecified atom stereocenters. The van der Waals surface area contributed by atoms with Crippen LogP contribution in [0.25, 0.3) is 0 Å². The lowest BCUT2D eigenvalue weighted by Crippen LogP contribution is -2.41. The second-order valence-electron chi connectivity index (χ2n) is 5.07. The molecule has 7 heteroatoms. The Labute approximate surface area is 120 Å². The van der Waals surface area contributed by atoms with Crippen molar-refractivity contribution in [3.05, 3.63) is 18.1 Å². The van der Waals surface area contributed by atoms with E-state index in [9.17, 15) is 8.42 Å². The Morgan fingerprint density at radius 1 is 1.40 bits per heavy atom. The molecule has 0 aromatic carbocycles. The summed E-state index contributed by atoms with van der Waals surface area (Å²) in [6.07, 6.45) is 6.05. The van der Waals surface area contributed by atoms with Crippen molar-refractivity contribution < 1.29 is 8.42 Å². The highest BCUT2D eigenvalue weighted by Crippen LogP contribution is 2.24. The molecule has 1 fully saturated rings. The summed E-state index contributed by atoms with van der Waals surface area (Å²) in [6.45, 7) is 2.93. The summed E-state index contributed by atoms with van der Waals surface area (Å²) in [7, 11) is -1.26. The van der Waals surface area contributed by atoms with E-state index in [1.807, 2.05) is 7.05 Å². The largest absolute Gasteiger partial charge is 0.372 e. The van der Waals surface area contributed by atoms with Gasteiger partial charge in [0, 0.05) is 32.5 Å². The predicted octanol–water partition coefficient (Wildman–Crippen LogP) is 1.12. The maximum atomic E-state index is 12.0. The van der Waals surface area contributed by atoms with Crippen LogP contribution in [-0.2, 0) is 16.4 Å². The van der Waals surface area contributed by atoms with E-state index in [4.69, 9.17) is 0 Å². The van der Waals surface area contributed by atoms with E-state index in [2.05, 4.69) is 15.3 Å². The van der Waals surface area contributed by atoms with E-state index < -0.39 is 10.0 Å². The molecule has 0 aliphatic carbocycles. The van der Waals surface area contributed by atoms with Crippen molar-refractivity contribution in [2.45, 2.75) is 26.2 Å². The summed E-state index contributed by atoms with van der Waals surface area (Å²) in [5.41, 5.74) is 0.913. The standard InChI is InChI=1S/C13H22N4O2S/c1-3-20(18,19)17-8-4-5-11(10-17)9-12-13(14-2)16-7-6-15-12/h6-7,11H,3-5,8-10H2,1-2H3,(H,14,16). The Morgan fingerprint density at radius 3 is 2.85 bits per heavy atom. The van der Waals surface area contributed by atoms with Crippen LogP contribution in [0, 0.1) is 5.92 Å². The summed E-state index contributed by atoms with van der Waals surface area (Å²) >= 11 is 0. The Hall–Kier alpha value is -1.21. The Kier molecular flexibility index (Phi) is 4.93. The van der Waals surface area contributed by atoms with Gasteiger partial charge in [0.05, 0.1) is 11.4 Å². The predicted molar refractivity (Wildman–Crippen MR) is 79.0 cm³/mol. The minimum absolute atomic E-state index is 0.173.